The summed E-state index contributed by atoms with van der Waals surface area (Å²) in [7, 11) is 0. The van der Waals surface area contributed by atoms with Gasteiger partial charge in [-0.15, -0.1) is 0 Å². The molecule has 0 bridgehead atoms. The van der Waals surface area contributed by atoms with E-state index in [1.54, 1.807) is 24.5 Å². The van der Waals surface area contributed by atoms with Gasteiger partial charge in [0.25, 0.3) is 0 Å². The minimum Gasteiger partial charge on any atom is -0.769 e. The molecule has 1 aromatic heterocycles. The van der Waals surface area contributed by atoms with E-state index in [0.717, 1.165) is 11.0 Å². The molecule has 4 heteroatoms. The molecule has 0 N–H and O–H groups in total. The second kappa shape index (κ2) is 4.00. The lowest BCUT2D eigenvalue weighted by Gasteiger charge is -1.94. The molecule has 0 aromatic carbocycles. The van der Waals surface area contributed by atoms with Gasteiger partial charge < -0.3 is 4.55 Å². The average molecular weight is 168 g/mol. The Labute approximate surface area is 67.1 Å². The van der Waals surface area contributed by atoms with Crippen molar-refractivity contribution in [2.45, 2.75) is 0 Å². The van der Waals surface area contributed by atoms with Gasteiger partial charge in [-0.1, -0.05) is 6.07 Å². The zero-order chi connectivity index (χ0) is 8.10. The van der Waals surface area contributed by atoms with Gasteiger partial charge in [-0.25, -0.2) is 0 Å². The third-order valence-corrected chi connectivity index (χ3v) is 1.41. The molecule has 1 rings (SSSR count). The van der Waals surface area contributed by atoms with Crippen LogP contribution in [-0.2, 0) is 11.1 Å². The average Bonchev–Trinajstić information content (AvgIpc) is 2.03. The molecule has 3 nitrogen and oxygen atoms in total. The fraction of sp³-hybridized carbons (Fsp3) is 0. The molecular weight excluding hydrogens is 162 g/mol. The highest BCUT2D eigenvalue weighted by Gasteiger charge is 1.81. The molecule has 0 amide bonds. The zero-order valence-corrected chi connectivity index (χ0v) is 6.45. The van der Waals surface area contributed by atoms with Crippen LogP contribution in [0.15, 0.2) is 29.9 Å². The van der Waals surface area contributed by atoms with Gasteiger partial charge in [0.2, 0.25) is 0 Å². The third-order valence-electron chi connectivity index (χ3n) is 1.06. The van der Waals surface area contributed by atoms with Crippen molar-refractivity contribution in [3.63, 3.8) is 0 Å². The van der Waals surface area contributed by atoms with E-state index in [0.29, 0.717) is 0 Å². The number of pyridine rings is 1. The predicted octanol–water partition coefficient (Wildman–Crippen LogP) is 0.931. The van der Waals surface area contributed by atoms with E-state index in [-0.39, 0.29) is 0 Å². The summed E-state index contributed by atoms with van der Waals surface area (Å²) in [5, 5.41) is 1.08. The van der Waals surface area contributed by atoms with Crippen molar-refractivity contribution in [2.75, 3.05) is 0 Å². The number of hydrogen-bond acceptors (Lipinski definition) is 3. The van der Waals surface area contributed by atoms with Crippen LogP contribution in [0, 0.1) is 0 Å². The van der Waals surface area contributed by atoms with Crippen molar-refractivity contribution in [2.24, 2.45) is 0 Å². The predicted molar refractivity (Wildman–Crippen MR) is 42.2 cm³/mol. The molecule has 0 spiro atoms. The van der Waals surface area contributed by atoms with Crippen LogP contribution >= 0.6 is 0 Å². The number of rotatable bonds is 2. The Morgan fingerprint density at radius 2 is 2.45 bits per heavy atom. The Bertz CT molecular complexity index is 271. The molecular formula is C7H6NO2S-. The first-order chi connectivity index (χ1) is 5.29. The SMILES string of the molecule is O=S([O-])/C=C/c1cccnc1. The summed E-state index contributed by atoms with van der Waals surface area (Å²) in [6.07, 6.45) is 4.70. The minimum absolute atomic E-state index is 0.775. The van der Waals surface area contributed by atoms with E-state index in [2.05, 4.69) is 4.98 Å². The quantitative estimate of drug-likeness (QED) is 0.617. The van der Waals surface area contributed by atoms with Crippen LogP contribution in [0.5, 0.6) is 0 Å². The van der Waals surface area contributed by atoms with Crippen LogP contribution in [0.2, 0.25) is 0 Å². The molecule has 1 atom stereocenters. The zero-order valence-electron chi connectivity index (χ0n) is 5.64. The topological polar surface area (TPSA) is 53.0 Å². The maximum atomic E-state index is 10.1. The number of nitrogens with zero attached hydrogens (tertiary/aromatic N) is 1. The lowest BCUT2D eigenvalue weighted by Crippen LogP contribution is -1.78. The van der Waals surface area contributed by atoms with Gasteiger partial charge in [-0.3, -0.25) is 9.19 Å². The number of aromatic nitrogens is 1. The van der Waals surface area contributed by atoms with E-state index < -0.39 is 11.1 Å². The van der Waals surface area contributed by atoms with Crippen LogP contribution in [0.3, 0.4) is 0 Å². The first kappa shape index (κ1) is 8.10. The van der Waals surface area contributed by atoms with Gasteiger partial charge in [0.1, 0.15) is 0 Å². The summed E-state index contributed by atoms with van der Waals surface area (Å²) < 4.78 is 20.1. The van der Waals surface area contributed by atoms with Crippen molar-refractivity contribution in [1.82, 2.24) is 4.98 Å². The van der Waals surface area contributed by atoms with Gasteiger partial charge >= 0.3 is 0 Å². The monoisotopic (exact) mass is 168 g/mol. The van der Waals surface area contributed by atoms with Crippen molar-refractivity contribution in [3.05, 3.63) is 35.5 Å². The second-order valence-electron chi connectivity index (χ2n) is 1.85. The molecule has 0 fully saturated rings. The van der Waals surface area contributed by atoms with Gasteiger partial charge in [0, 0.05) is 12.4 Å². The maximum Gasteiger partial charge on any atom is 0.0340 e. The van der Waals surface area contributed by atoms with Crippen LogP contribution in [0.4, 0.5) is 0 Å². The Morgan fingerprint density at radius 1 is 1.64 bits per heavy atom. The highest BCUT2D eigenvalue weighted by molar-refractivity contribution is 7.82. The van der Waals surface area contributed by atoms with E-state index >= 15 is 0 Å². The van der Waals surface area contributed by atoms with Crippen molar-refractivity contribution >= 4 is 17.2 Å². The molecule has 1 heterocycles. The van der Waals surface area contributed by atoms with E-state index in [9.17, 15) is 8.76 Å². The molecule has 58 valence electrons. The first-order valence-electron chi connectivity index (χ1n) is 2.95. The van der Waals surface area contributed by atoms with Gasteiger partial charge in [0.15, 0.2) is 0 Å². The van der Waals surface area contributed by atoms with Crippen LogP contribution < -0.4 is 0 Å². The molecule has 0 aliphatic heterocycles. The Kier molecular flexibility index (Phi) is 2.95. The standard InChI is InChI=1S/C7H7NO2S/c9-11(10)5-3-7-2-1-4-8-6-7/h1-6H,(H,9,10)/p-1/b5-3+. The van der Waals surface area contributed by atoms with Crippen molar-refractivity contribution in [3.8, 4) is 0 Å². The van der Waals surface area contributed by atoms with Gasteiger partial charge in [0.05, 0.1) is 0 Å². The lowest BCUT2D eigenvalue weighted by atomic mass is 10.3. The summed E-state index contributed by atoms with van der Waals surface area (Å²) in [5.41, 5.74) is 0.775. The summed E-state index contributed by atoms with van der Waals surface area (Å²) in [6.45, 7) is 0. The Morgan fingerprint density at radius 3 is 3.00 bits per heavy atom. The minimum atomic E-state index is -2.12. The second-order valence-corrected chi connectivity index (χ2v) is 2.64. The molecule has 0 saturated carbocycles. The van der Waals surface area contributed by atoms with Gasteiger partial charge in [-0.2, -0.15) is 0 Å². The molecule has 1 unspecified atom stereocenters. The van der Waals surface area contributed by atoms with Crippen LogP contribution in [0.25, 0.3) is 6.08 Å². The molecule has 1 aromatic rings. The van der Waals surface area contributed by atoms with Crippen molar-refractivity contribution < 1.29 is 8.76 Å². The maximum absolute atomic E-state index is 10.1. The molecule has 0 radical (unpaired) electrons. The van der Waals surface area contributed by atoms with Gasteiger partial charge in [-0.05, 0) is 34.2 Å². The Hall–Kier alpha value is -1.00. The summed E-state index contributed by atoms with van der Waals surface area (Å²) in [5.74, 6) is 0. The van der Waals surface area contributed by atoms with E-state index in [4.69, 9.17) is 0 Å². The summed E-state index contributed by atoms with van der Waals surface area (Å²) in [4.78, 5) is 3.81. The summed E-state index contributed by atoms with van der Waals surface area (Å²) in [6, 6.07) is 3.52. The van der Waals surface area contributed by atoms with Crippen LogP contribution in [-0.4, -0.2) is 13.7 Å². The highest BCUT2D eigenvalue weighted by Crippen LogP contribution is 1.98. The highest BCUT2D eigenvalue weighted by atomic mass is 32.2. The van der Waals surface area contributed by atoms with E-state index in [1.165, 1.54) is 6.08 Å². The Balaban J connectivity index is 2.72. The lowest BCUT2D eigenvalue weighted by molar-refractivity contribution is 0.546. The first-order valence-corrected chi connectivity index (χ1v) is 4.09. The fourth-order valence-electron chi connectivity index (χ4n) is 0.609. The molecule has 11 heavy (non-hydrogen) atoms. The summed E-state index contributed by atoms with van der Waals surface area (Å²) >= 11 is -2.12. The fourth-order valence-corrected chi connectivity index (χ4v) is 0.877. The number of hydrogen-bond donors (Lipinski definition) is 0. The van der Waals surface area contributed by atoms with E-state index in [1.807, 2.05) is 0 Å². The molecule has 0 aliphatic rings. The molecule has 0 aliphatic carbocycles. The van der Waals surface area contributed by atoms with Crippen molar-refractivity contribution in [1.29, 1.82) is 0 Å². The smallest absolute Gasteiger partial charge is 0.0340 e. The molecule has 0 saturated heterocycles. The normalized spacial score (nSPS) is 13.5. The third kappa shape index (κ3) is 3.06. The van der Waals surface area contributed by atoms with Crippen LogP contribution in [0.1, 0.15) is 5.56 Å². The largest absolute Gasteiger partial charge is 0.769 e.